The molecule has 0 aromatic heterocycles. The molecule has 0 radical (unpaired) electrons. The van der Waals surface area contributed by atoms with Crippen LogP contribution in [-0.2, 0) is 9.53 Å². The van der Waals surface area contributed by atoms with Crippen LogP contribution in [0.25, 0.3) is 0 Å². The van der Waals surface area contributed by atoms with E-state index in [1.165, 1.54) is 0 Å². The lowest BCUT2D eigenvalue weighted by molar-refractivity contribution is -0.150. The fraction of sp³-hybridized carbons (Fsp3) is 0.727. The molecule has 1 aliphatic heterocycles. The van der Waals surface area contributed by atoms with Gasteiger partial charge in [0, 0.05) is 32.6 Å². The molecule has 0 bridgehead atoms. The lowest BCUT2D eigenvalue weighted by Crippen LogP contribution is -2.55. The van der Waals surface area contributed by atoms with Gasteiger partial charge in [0.2, 0.25) is 0 Å². The Balaban J connectivity index is 2.49. The molecule has 0 aromatic carbocycles. The fourth-order valence-corrected chi connectivity index (χ4v) is 1.69. The van der Waals surface area contributed by atoms with Crippen LogP contribution in [0.2, 0.25) is 0 Å². The van der Waals surface area contributed by atoms with E-state index in [1.54, 1.807) is 0 Å². The predicted octanol–water partition coefficient (Wildman–Crippen LogP) is -0.153. The van der Waals surface area contributed by atoms with Crippen LogP contribution in [0.5, 0.6) is 0 Å². The van der Waals surface area contributed by atoms with E-state index in [2.05, 4.69) is 16.1 Å². The van der Waals surface area contributed by atoms with Gasteiger partial charge in [-0.15, -0.1) is 12.3 Å². The Hall–Kier alpha value is -1.05. The zero-order valence-electron chi connectivity index (χ0n) is 9.16. The summed E-state index contributed by atoms with van der Waals surface area (Å²) in [5, 5.41) is 3.19. The molecule has 1 N–H and O–H groups in total. The maximum atomic E-state index is 11.6. The maximum absolute atomic E-state index is 11.6. The number of carbonyl (C=O) groups excluding carboxylic acids is 1. The van der Waals surface area contributed by atoms with Gasteiger partial charge in [-0.1, -0.05) is 0 Å². The second-order valence-corrected chi connectivity index (χ2v) is 3.46. The first-order valence-corrected chi connectivity index (χ1v) is 5.34. The van der Waals surface area contributed by atoms with Crippen LogP contribution < -0.4 is 5.32 Å². The summed E-state index contributed by atoms with van der Waals surface area (Å²) < 4.78 is 5.02. The first-order valence-electron chi connectivity index (χ1n) is 5.34. The predicted molar refractivity (Wildman–Crippen MR) is 58.3 cm³/mol. The van der Waals surface area contributed by atoms with Gasteiger partial charge >= 0.3 is 5.97 Å². The van der Waals surface area contributed by atoms with Crippen LogP contribution in [0, 0.1) is 12.3 Å². The monoisotopic (exact) mass is 210 g/mol. The van der Waals surface area contributed by atoms with Gasteiger partial charge in [0.25, 0.3) is 0 Å². The third-order valence-electron chi connectivity index (χ3n) is 2.46. The van der Waals surface area contributed by atoms with Gasteiger partial charge in [-0.25, -0.2) is 0 Å². The maximum Gasteiger partial charge on any atom is 0.324 e. The standard InChI is InChI=1S/C11H18N2O2/c1-3-5-7-13-8-6-12-9-10(13)11(14)15-4-2/h1,10,12H,4-9H2,2H3. The minimum atomic E-state index is -0.174. The van der Waals surface area contributed by atoms with Crippen molar-refractivity contribution in [2.24, 2.45) is 0 Å². The number of hydrogen-bond acceptors (Lipinski definition) is 4. The summed E-state index contributed by atoms with van der Waals surface area (Å²) in [6.45, 7) is 5.43. The van der Waals surface area contributed by atoms with Gasteiger partial charge in [-0.05, 0) is 6.92 Å². The number of carbonyl (C=O) groups is 1. The number of piperazine rings is 1. The minimum Gasteiger partial charge on any atom is -0.465 e. The SMILES string of the molecule is C#CCCN1CCNCC1C(=O)OCC. The number of hydrogen-bond donors (Lipinski definition) is 1. The van der Waals surface area contributed by atoms with Crippen molar-refractivity contribution in [3.8, 4) is 12.3 Å². The number of esters is 1. The molecular formula is C11H18N2O2. The lowest BCUT2D eigenvalue weighted by atomic mass is 10.2. The second kappa shape index (κ2) is 6.44. The molecule has 84 valence electrons. The smallest absolute Gasteiger partial charge is 0.324 e. The minimum absolute atomic E-state index is 0.151. The fourth-order valence-electron chi connectivity index (χ4n) is 1.69. The van der Waals surface area contributed by atoms with Gasteiger partial charge < -0.3 is 10.1 Å². The Labute approximate surface area is 91.0 Å². The average molecular weight is 210 g/mol. The Morgan fingerprint density at radius 1 is 1.73 bits per heavy atom. The first kappa shape index (κ1) is 12.0. The van der Waals surface area contributed by atoms with Crippen LogP contribution in [0.15, 0.2) is 0 Å². The lowest BCUT2D eigenvalue weighted by Gasteiger charge is -2.33. The summed E-state index contributed by atoms with van der Waals surface area (Å²) in [4.78, 5) is 13.7. The van der Waals surface area contributed by atoms with Crippen LogP contribution in [0.4, 0.5) is 0 Å². The van der Waals surface area contributed by atoms with Crippen LogP contribution in [-0.4, -0.2) is 49.7 Å². The third-order valence-corrected chi connectivity index (χ3v) is 2.46. The molecule has 0 aliphatic carbocycles. The number of nitrogens with one attached hydrogen (secondary N) is 1. The number of terminal acetylenes is 1. The highest BCUT2D eigenvalue weighted by atomic mass is 16.5. The number of rotatable bonds is 4. The summed E-state index contributed by atoms with van der Waals surface area (Å²) in [5.74, 6) is 2.44. The Morgan fingerprint density at radius 3 is 3.20 bits per heavy atom. The van der Waals surface area contributed by atoms with E-state index in [1.807, 2.05) is 6.92 Å². The molecule has 0 spiro atoms. The second-order valence-electron chi connectivity index (χ2n) is 3.46. The van der Waals surface area contributed by atoms with E-state index in [-0.39, 0.29) is 12.0 Å². The van der Waals surface area contributed by atoms with Crippen molar-refractivity contribution < 1.29 is 9.53 Å². The Bertz CT molecular complexity index is 247. The summed E-state index contributed by atoms with van der Waals surface area (Å²) >= 11 is 0. The molecule has 1 saturated heterocycles. The zero-order valence-corrected chi connectivity index (χ0v) is 9.16. The summed E-state index contributed by atoms with van der Waals surface area (Å²) in [5.41, 5.74) is 0. The van der Waals surface area contributed by atoms with Gasteiger partial charge in [-0.3, -0.25) is 9.69 Å². The molecule has 0 saturated carbocycles. The molecule has 1 heterocycles. The average Bonchev–Trinajstić information content (AvgIpc) is 2.27. The van der Waals surface area contributed by atoms with E-state index < -0.39 is 0 Å². The molecule has 0 aromatic rings. The Morgan fingerprint density at radius 2 is 2.53 bits per heavy atom. The number of ether oxygens (including phenoxy) is 1. The normalized spacial score (nSPS) is 22.0. The highest BCUT2D eigenvalue weighted by molar-refractivity contribution is 5.76. The van der Waals surface area contributed by atoms with E-state index in [0.717, 1.165) is 19.6 Å². The van der Waals surface area contributed by atoms with Gasteiger partial charge in [0.1, 0.15) is 6.04 Å². The van der Waals surface area contributed by atoms with Crippen LogP contribution >= 0.6 is 0 Å². The van der Waals surface area contributed by atoms with Gasteiger partial charge in [0.05, 0.1) is 6.61 Å². The molecule has 1 rings (SSSR count). The molecule has 15 heavy (non-hydrogen) atoms. The van der Waals surface area contributed by atoms with Gasteiger partial charge in [0.15, 0.2) is 0 Å². The summed E-state index contributed by atoms with van der Waals surface area (Å²) in [7, 11) is 0. The van der Waals surface area contributed by atoms with Crippen molar-refractivity contribution in [3.63, 3.8) is 0 Å². The van der Waals surface area contributed by atoms with Crippen molar-refractivity contribution in [2.45, 2.75) is 19.4 Å². The van der Waals surface area contributed by atoms with E-state index >= 15 is 0 Å². The van der Waals surface area contributed by atoms with Crippen molar-refractivity contribution in [2.75, 3.05) is 32.8 Å². The third kappa shape index (κ3) is 3.54. The topological polar surface area (TPSA) is 41.6 Å². The molecule has 1 atom stereocenters. The molecule has 1 unspecified atom stereocenters. The molecule has 1 fully saturated rings. The molecule has 4 nitrogen and oxygen atoms in total. The highest BCUT2D eigenvalue weighted by Crippen LogP contribution is 2.06. The van der Waals surface area contributed by atoms with Crippen molar-refractivity contribution in [1.29, 1.82) is 0 Å². The largest absolute Gasteiger partial charge is 0.465 e. The van der Waals surface area contributed by atoms with E-state index in [0.29, 0.717) is 19.6 Å². The summed E-state index contributed by atoms with van der Waals surface area (Å²) in [6.07, 6.45) is 5.89. The molecule has 0 amide bonds. The highest BCUT2D eigenvalue weighted by Gasteiger charge is 2.28. The van der Waals surface area contributed by atoms with Crippen molar-refractivity contribution in [3.05, 3.63) is 0 Å². The van der Waals surface area contributed by atoms with Crippen LogP contribution in [0.3, 0.4) is 0 Å². The zero-order chi connectivity index (χ0) is 11.1. The molecule has 4 heteroatoms. The Kier molecular flexibility index (Phi) is 5.16. The molecular weight excluding hydrogens is 192 g/mol. The number of nitrogens with zero attached hydrogens (tertiary/aromatic N) is 1. The van der Waals surface area contributed by atoms with Crippen molar-refractivity contribution in [1.82, 2.24) is 10.2 Å². The first-order chi connectivity index (χ1) is 7.29. The summed E-state index contributed by atoms with van der Waals surface area (Å²) in [6, 6.07) is -0.174. The molecule has 1 aliphatic rings. The van der Waals surface area contributed by atoms with E-state index in [9.17, 15) is 4.79 Å². The van der Waals surface area contributed by atoms with Crippen molar-refractivity contribution >= 4 is 5.97 Å². The van der Waals surface area contributed by atoms with Crippen LogP contribution in [0.1, 0.15) is 13.3 Å². The van der Waals surface area contributed by atoms with Gasteiger partial charge in [-0.2, -0.15) is 0 Å². The van der Waals surface area contributed by atoms with E-state index in [4.69, 9.17) is 11.2 Å². The quantitative estimate of drug-likeness (QED) is 0.517.